The predicted molar refractivity (Wildman–Crippen MR) is 79.0 cm³/mol. The second-order valence-corrected chi connectivity index (χ2v) is 5.13. The summed E-state index contributed by atoms with van der Waals surface area (Å²) in [5.74, 6) is 4.57. The van der Waals surface area contributed by atoms with Gasteiger partial charge in [0, 0.05) is 10.5 Å². The van der Waals surface area contributed by atoms with Crippen molar-refractivity contribution >= 4 is 23.5 Å². The van der Waals surface area contributed by atoms with Crippen LogP contribution in [0.25, 0.3) is 0 Å². The molecule has 0 aliphatic heterocycles. The first-order valence-electron chi connectivity index (χ1n) is 6.12. The highest BCUT2D eigenvalue weighted by molar-refractivity contribution is 8.00. The van der Waals surface area contributed by atoms with Crippen LogP contribution in [0.5, 0.6) is 0 Å². The van der Waals surface area contributed by atoms with Crippen molar-refractivity contribution in [3.8, 4) is 0 Å². The Morgan fingerprint density at radius 1 is 1.09 bits per heavy atom. The Hall–Kier alpha value is -2.19. The molecular weight excluding hydrogens is 315 g/mol. The molecular formula is C14H12F3N3OS. The fourth-order valence-corrected chi connectivity index (χ4v) is 2.46. The molecule has 0 aliphatic rings. The summed E-state index contributed by atoms with van der Waals surface area (Å²) in [6.07, 6.45) is -4.44. The fourth-order valence-electron chi connectivity index (χ4n) is 1.72. The van der Waals surface area contributed by atoms with E-state index < -0.39 is 17.6 Å². The minimum absolute atomic E-state index is 0.0475. The normalized spacial score (nSPS) is 11.1. The van der Waals surface area contributed by atoms with Crippen LogP contribution in [0, 0.1) is 0 Å². The van der Waals surface area contributed by atoms with Gasteiger partial charge in [0.05, 0.1) is 11.3 Å². The number of halogens is 3. The van der Waals surface area contributed by atoms with Gasteiger partial charge >= 0.3 is 6.18 Å². The number of hydrogen-bond acceptors (Lipinski definition) is 4. The van der Waals surface area contributed by atoms with E-state index in [-0.39, 0.29) is 5.69 Å². The number of nitrogens with two attached hydrogens (primary N) is 1. The Morgan fingerprint density at radius 3 is 2.50 bits per heavy atom. The van der Waals surface area contributed by atoms with Crippen LogP contribution in [0.1, 0.15) is 15.9 Å². The minimum atomic E-state index is -4.44. The number of anilines is 1. The number of carbonyl (C=O) groups excluding carboxylic acids is 1. The molecule has 0 saturated carbocycles. The number of amides is 1. The van der Waals surface area contributed by atoms with Gasteiger partial charge in [-0.15, -0.1) is 0 Å². The number of hydrazine groups is 1. The Labute approximate surface area is 129 Å². The maximum atomic E-state index is 12.9. The zero-order chi connectivity index (χ0) is 16.2. The lowest BCUT2D eigenvalue weighted by atomic mass is 10.2. The molecule has 2 aromatic carbocycles. The van der Waals surface area contributed by atoms with E-state index in [1.165, 1.54) is 24.3 Å². The van der Waals surface area contributed by atoms with E-state index in [1.807, 2.05) is 5.43 Å². The maximum Gasteiger partial charge on any atom is 0.418 e. The first-order valence-corrected chi connectivity index (χ1v) is 6.93. The van der Waals surface area contributed by atoms with Crippen LogP contribution in [0.4, 0.5) is 18.9 Å². The maximum absolute atomic E-state index is 12.9. The molecule has 0 aromatic heterocycles. The SMILES string of the molecule is NNC(=O)c1cccc(SNc2ccccc2C(F)(F)F)c1. The van der Waals surface area contributed by atoms with E-state index in [1.54, 1.807) is 18.2 Å². The Kier molecular flexibility index (Phi) is 4.94. The first kappa shape index (κ1) is 16.2. The minimum Gasteiger partial charge on any atom is -0.325 e. The molecule has 0 spiro atoms. The van der Waals surface area contributed by atoms with E-state index in [0.29, 0.717) is 10.5 Å². The summed E-state index contributed by atoms with van der Waals surface area (Å²) in [7, 11) is 0. The van der Waals surface area contributed by atoms with Crippen molar-refractivity contribution in [1.29, 1.82) is 0 Å². The summed E-state index contributed by atoms with van der Waals surface area (Å²) >= 11 is 0.975. The number of hydrogen-bond donors (Lipinski definition) is 3. The zero-order valence-corrected chi connectivity index (χ0v) is 12.0. The van der Waals surface area contributed by atoms with Gasteiger partial charge < -0.3 is 4.72 Å². The number of nitrogens with one attached hydrogen (secondary N) is 2. The molecule has 0 atom stereocenters. The molecule has 22 heavy (non-hydrogen) atoms. The lowest BCUT2D eigenvalue weighted by Gasteiger charge is -2.13. The molecule has 2 rings (SSSR count). The van der Waals surface area contributed by atoms with Crippen molar-refractivity contribution in [1.82, 2.24) is 5.43 Å². The summed E-state index contributed by atoms with van der Waals surface area (Å²) in [6, 6.07) is 11.5. The Morgan fingerprint density at radius 2 is 1.82 bits per heavy atom. The summed E-state index contributed by atoms with van der Waals surface area (Å²) < 4.78 is 41.3. The standard InChI is InChI=1S/C14H12F3N3OS/c15-14(16,17)11-6-1-2-7-12(11)20-22-10-5-3-4-9(8-10)13(21)19-18/h1-8,20H,18H2,(H,19,21). The quantitative estimate of drug-likeness (QED) is 0.348. The third-order valence-electron chi connectivity index (χ3n) is 2.74. The van der Waals surface area contributed by atoms with Crippen LogP contribution in [0.15, 0.2) is 53.4 Å². The van der Waals surface area contributed by atoms with Gasteiger partial charge in [-0.3, -0.25) is 10.2 Å². The fraction of sp³-hybridized carbons (Fsp3) is 0.0714. The molecule has 0 bridgehead atoms. The van der Waals surface area contributed by atoms with Gasteiger partial charge in [0.1, 0.15) is 0 Å². The second-order valence-electron chi connectivity index (χ2n) is 4.25. The Bertz CT molecular complexity index is 676. The topological polar surface area (TPSA) is 67.1 Å². The average Bonchev–Trinajstić information content (AvgIpc) is 2.52. The molecule has 2 aromatic rings. The third-order valence-corrected chi connectivity index (χ3v) is 3.55. The number of benzene rings is 2. The molecule has 8 heteroatoms. The van der Waals surface area contributed by atoms with E-state index in [0.717, 1.165) is 18.0 Å². The number of carbonyl (C=O) groups is 1. The van der Waals surface area contributed by atoms with E-state index in [9.17, 15) is 18.0 Å². The van der Waals surface area contributed by atoms with E-state index in [2.05, 4.69) is 4.72 Å². The summed E-state index contributed by atoms with van der Waals surface area (Å²) in [4.78, 5) is 12.0. The molecule has 0 saturated heterocycles. The number of para-hydroxylation sites is 1. The number of rotatable bonds is 4. The van der Waals surface area contributed by atoms with E-state index >= 15 is 0 Å². The lowest BCUT2D eigenvalue weighted by molar-refractivity contribution is -0.136. The van der Waals surface area contributed by atoms with Crippen LogP contribution >= 0.6 is 11.9 Å². The van der Waals surface area contributed by atoms with Crippen LogP contribution in [-0.2, 0) is 6.18 Å². The average molecular weight is 327 g/mol. The van der Waals surface area contributed by atoms with Crippen molar-refractivity contribution in [2.45, 2.75) is 11.1 Å². The summed E-state index contributed by atoms with van der Waals surface area (Å²) in [5.41, 5.74) is 1.51. The number of nitrogen functional groups attached to an aromatic ring is 1. The van der Waals surface area contributed by atoms with Gasteiger partial charge in [0.15, 0.2) is 0 Å². The van der Waals surface area contributed by atoms with Gasteiger partial charge in [-0.25, -0.2) is 5.84 Å². The van der Waals surface area contributed by atoms with E-state index in [4.69, 9.17) is 5.84 Å². The molecule has 0 radical (unpaired) electrons. The molecule has 116 valence electrons. The summed E-state index contributed by atoms with van der Waals surface area (Å²) in [6.45, 7) is 0. The van der Waals surface area contributed by atoms with Crippen LogP contribution in [0.2, 0.25) is 0 Å². The highest BCUT2D eigenvalue weighted by atomic mass is 32.2. The smallest absolute Gasteiger partial charge is 0.325 e. The highest BCUT2D eigenvalue weighted by Gasteiger charge is 2.33. The zero-order valence-electron chi connectivity index (χ0n) is 11.1. The van der Waals surface area contributed by atoms with Gasteiger partial charge in [0.25, 0.3) is 5.91 Å². The molecule has 0 aliphatic carbocycles. The molecule has 0 unspecified atom stereocenters. The van der Waals surface area contributed by atoms with Crippen LogP contribution in [-0.4, -0.2) is 5.91 Å². The molecule has 4 N–H and O–H groups in total. The monoisotopic (exact) mass is 327 g/mol. The predicted octanol–water partition coefficient (Wildman–Crippen LogP) is 3.43. The third kappa shape index (κ3) is 3.92. The van der Waals surface area contributed by atoms with Crippen molar-refractivity contribution in [3.05, 3.63) is 59.7 Å². The Balaban J connectivity index is 2.16. The van der Waals surface area contributed by atoms with Crippen LogP contribution < -0.4 is 16.0 Å². The van der Waals surface area contributed by atoms with Gasteiger partial charge in [-0.05, 0) is 42.3 Å². The molecule has 0 heterocycles. The largest absolute Gasteiger partial charge is 0.418 e. The summed E-state index contributed by atoms with van der Waals surface area (Å²) in [5, 5.41) is 0. The van der Waals surface area contributed by atoms with Crippen LogP contribution in [0.3, 0.4) is 0 Å². The van der Waals surface area contributed by atoms with Crippen molar-refractivity contribution in [3.63, 3.8) is 0 Å². The molecule has 0 fully saturated rings. The van der Waals surface area contributed by atoms with Crippen molar-refractivity contribution < 1.29 is 18.0 Å². The molecule has 1 amide bonds. The first-order chi connectivity index (χ1) is 10.4. The van der Waals surface area contributed by atoms with Crippen molar-refractivity contribution in [2.75, 3.05) is 4.72 Å². The van der Waals surface area contributed by atoms with Gasteiger partial charge in [0.2, 0.25) is 0 Å². The lowest BCUT2D eigenvalue weighted by Crippen LogP contribution is -2.29. The van der Waals surface area contributed by atoms with Gasteiger partial charge in [-0.1, -0.05) is 18.2 Å². The second kappa shape index (κ2) is 6.71. The molecule has 4 nitrogen and oxygen atoms in total. The number of alkyl halides is 3. The van der Waals surface area contributed by atoms with Crippen molar-refractivity contribution in [2.24, 2.45) is 5.84 Å². The highest BCUT2D eigenvalue weighted by Crippen LogP contribution is 2.36. The van der Waals surface area contributed by atoms with Gasteiger partial charge in [-0.2, -0.15) is 13.2 Å².